The van der Waals surface area contributed by atoms with Crippen molar-refractivity contribution in [3.05, 3.63) is 6.20 Å². The highest BCUT2D eigenvalue weighted by Gasteiger charge is 2.22. The topological polar surface area (TPSA) is 76.4 Å². The molecular formula is C9H13N2O4S-. The lowest BCUT2D eigenvalue weighted by Crippen LogP contribution is -2.21. The first-order valence-corrected chi connectivity index (χ1v) is 6.14. The maximum Gasteiger partial charge on any atom is 0.172 e. The molecule has 0 radical (unpaired) electrons. The van der Waals surface area contributed by atoms with Crippen molar-refractivity contribution in [2.45, 2.75) is 30.5 Å². The fraction of sp³-hybridized carbons (Fsp3) is 0.667. The minimum atomic E-state index is -2.38. The van der Waals surface area contributed by atoms with E-state index in [1.54, 1.807) is 0 Å². The molecule has 0 spiro atoms. The summed E-state index contributed by atoms with van der Waals surface area (Å²) in [5.41, 5.74) is 0. The molecule has 0 bridgehead atoms. The smallest absolute Gasteiger partial charge is 0.172 e. The van der Waals surface area contributed by atoms with E-state index >= 15 is 0 Å². The number of aromatic nitrogens is 2. The van der Waals surface area contributed by atoms with Crippen molar-refractivity contribution in [2.24, 2.45) is 0 Å². The number of ether oxygens (including phenoxy) is 2. The molecule has 1 aliphatic heterocycles. The summed E-state index contributed by atoms with van der Waals surface area (Å²) in [6.45, 7) is 0.637. The summed E-state index contributed by atoms with van der Waals surface area (Å²) < 4.78 is 34.0. The molecule has 0 N–H and O–H groups in total. The average molecular weight is 245 g/mol. The van der Waals surface area contributed by atoms with Crippen molar-refractivity contribution in [1.29, 1.82) is 0 Å². The molecule has 1 aromatic heterocycles. The van der Waals surface area contributed by atoms with Gasteiger partial charge in [0, 0.05) is 17.7 Å². The molecular weight excluding hydrogens is 232 g/mol. The third-order valence-electron chi connectivity index (χ3n) is 2.52. The average Bonchev–Trinajstić information content (AvgIpc) is 2.73. The van der Waals surface area contributed by atoms with Crippen LogP contribution in [0.25, 0.3) is 0 Å². The Morgan fingerprint density at radius 3 is 3.06 bits per heavy atom. The number of rotatable bonds is 3. The van der Waals surface area contributed by atoms with Gasteiger partial charge in [-0.15, -0.1) is 0 Å². The molecule has 2 heterocycles. The monoisotopic (exact) mass is 245 g/mol. The van der Waals surface area contributed by atoms with Crippen LogP contribution in [0.4, 0.5) is 0 Å². The van der Waals surface area contributed by atoms with Gasteiger partial charge in [-0.2, -0.15) is 5.10 Å². The molecule has 2 atom stereocenters. The Morgan fingerprint density at radius 1 is 1.69 bits per heavy atom. The van der Waals surface area contributed by atoms with Crippen LogP contribution in [0, 0.1) is 0 Å². The largest absolute Gasteiger partial charge is 0.767 e. The minimum absolute atomic E-state index is 0.0504. The normalized spacial score (nSPS) is 23.0. The Bertz CT molecular complexity index is 387. The van der Waals surface area contributed by atoms with Crippen LogP contribution in [0.5, 0.6) is 5.75 Å². The fourth-order valence-electron chi connectivity index (χ4n) is 1.76. The van der Waals surface area contributed by atoms with Gasteiger partial charge in [0.05, 0.1) is 13.3 Å². The van der Waals surface area contributed by atoms with Crippen molar-refractivity contribution in [2.75, 3.05) is 13.7 Å². The zero-order valence-electron chi connectivity index (χ0n) is 8.92. The van der Waals surface area contributed by atoms with E-state index in [0.717, 1.165) is 19.3 Å². The summed E-state index contributed by atoms with van der Waals surface area (Å²) in [5, 5.41) is 4.06. The lowest BCUT2D eigenvalue weighted by Gasteiger charge is -2.24. The molecule has 16 heavy (non-hydrogen) atoms. The van der Waals surface area contributed by atoms with Gasteiger partial charge >= 0.3 is 0 Å². The van der Waals surface area contributed by atoms with Gasteiger partial charge < -0.3 is 14.0 Å². The van der Waals surface area contributed by atoms with E-state index < -0.39 is 11.1 Å². The van der Waals surface area contributed by atoms with E-state index in [4.69, 9.17) is 9.47 Å². The molecule has 1 saturated heterocycles. The fourth-order valence-corrected chi connectivity index (χ4v) is 2.37. The standard InChI is InChI=1S/C9H14N2O4S/c1-14-7-6-10-11(9(7)16(12)13)8-4-2-3-5-15-8/h6,8H,2-5H2,1H3,(H,12,13)/p-1. The highest BCUT2D eigenvalue weighted by atomic mass is 32.2. The van der Waals surface area contributed by atoms with Gasteiger partial charge in [0.2, 0.25) is 0 Å². The summed E-state index contributed by atoms with van der Waals surface area (Å²) in [7, 11) is 1.42. The first-order chi connectivity index (χ1) is 7.74. The molecule has 6 nitrogen and oxygen atoms in total. The number of methoxy groups -OCH3 is 1. The lowest BCUT2D eigenvalue weighted by atomic mass is 10.2. The van der Waals surface area contributed by atoms with Crippen molar-refractivity contribution in [3.63, 3.8) is 0 Å². The molecule has 0 saturated carbocycles. The molecule has 90 valence electrons. The van der Waals surface area contributed by atoms with Crippen LogP contribution in [-0.4, -0.2) is 32.3 Å². The number of nitrogens with zero attached hydrogens (tertiary/aromatic N) is 2. The summed E-state index contributed by atoms with van der Waals surface area (Å²) in [4.78, 5) is 0. The van der Waals surface area contributed by atoms with Crippen LogP contribution >= 0.6 is 0 Å². The molecule has 0 aromatic carbocycles. The summed E-state index contributed by atoms with van der Waals surface area (Å²) in [6.07, 6.45) is 3.88. The van der Waals surface area contributed by atoms with E-state index in [1.165, 1.54) is 18.0 Å². The predicted molar refractivity (Wildman–Crippen MR) is 54.8 cm³/mol. The number of hydrogen-bond donors (Lipinski definition) is 0. The number of hydrogen-bond acceptors (Lipinski definition) is 5. The Labute approximate surface area is 95.8 Å². The van der Waals surface area contributed by atoms with E-state index in [1.807, 2.05) is 0 Å². The van der Waals surface area contributed by atoms with Gasteiger partial charge in [0.15, 0.2) is 17.0 Å². The minimum Gasteiger partial charge on any atom is -0.767 e. The van der Waals surface area contributed by atoms with Crippen LogP contribution in [0.2, 0.25) is 0 Å². The second-order valence-electron chi connectivity index (χ2n) is 3.52. The van der Waals surface area contributed by atoms with Crippen molar-refractivity contribution >= 4 is 11.1 Å². The third-order valence-corrected chi connectivity index (χ3v) is 3.23. The second-order valence-corrected chi connectivity index (χ2v) is 4.37. The summed E-state index contributed by atoms with van der Waals surface area (Å²) in [5.74, 6) is 0.252. The molecule has 2 rings (SSSR count). The third kappa shape index (κ3) is 2.11. The van der Waals surface area contributed by atoms with Crippen LogP contribution in [0.3, 0.4) is 0 Å². The quantitative estimate of drug-likeness (QED) is 0.737. The Balaban J connectivity index is 2.32. The van der Waals surface area contributed by atoms with E-state index in [-0.39, 0.29) is 17.0 Å². The van der Waals surface area contributed by atoms with Gasteiger partial charge in [-0.05, 0) is 19.3 Å². The van der Waals surface area contributed by atoms with Gasteiger partial charge in [-0.1, -0.05) is 0 Å². The second kappa shape index (κ2) is 4.94. The Morgan fingerprint density at radius 2 is 2.50 bits per heavy atom. The molecule has 1 aromatic rings. The summed E-state index contributed by atoms with van der Waals surface area (Å²) >= 11 is -2.38. The van der Waals surface area contributed by atoms with E-state index in [9.17, 15) is 8.76 Å². The van der Waals surface area contributed by atoms with Gasteiger partial charge in [-0.3, -0.25) is 4.21 Å². The molecule has 1 aliphatic rings. The SMILES string of the molecule is COc1cnn(C2CCCCO2)c1S(=O)[O-]. The lowest BCUT2D eigenvalue weighted by molar-refractivity contribution is -0.0452. The van der Waals surface area contributed by atoms with Crippen molar-refractivity contribution < 1.29 is 18.2 Å². The zero-order chi connectivity index (χ0) is 11.5. The van der Waals surface area contributed by atoms with Crippen molar-refractivity contribution in [1.82, 2.24) is 9.78 Å². The predicted octanol–water partition coefficient (Wildman–Crippen LogP) is 0.829. The molecule has 0 amide bonds. The van der Waals surface area contributed by atoms with E-state index in [2.05, 4.69) is 5.10 Å². The van der Waals surface area contributed by atoms with Crippen LogP contribution in [0.15, 0.2) is 11.2 Å². The van der Waals surface area contributed by atoms with Gasteiger partial charge in [-0.25, -0.2) is 4.68 Å². The maximum atomic E-state index is 11.1. The van der Waals surface area contributed by atoms with Crippen LogP contribution in [-0.2, 0) is 15.8 Å². The molecule has 7 heteroatoms. The zero-order valence-corrected chi connectivity index (χ0v) is 9.74. The molecule has 0 aliphatic carbocycles. The summed E-state index contributed by atoms with van der Waals surface area (Å²) in [6, 6.07) is 0. The highest BCUT2D eigenvalue weighted by Crippen LogP contribution is 2.29. The van der Waals surface area contributed by atoms with Gasteiger partial charge in [0.25, 0.3) is 0 Å². The first-order valence-electron chi connectivity index (χ1n) is 5.06. The maximum absolute atomic E-state index is 11.1. The first kappa shape index (κ1) is 11.6. The Kier molecular flexibility index (Phi) is 3.57. The van der Waals surface area contributed by atoms with Crippen molar-refractivity contribution in [3.8, 4) is 5.75 Å². The van der Waals surface area contributed by atoms with Crippen LogP contribution in [0.1, 0.15) is 25.5 Å². The highest BCUT2D eigenvalue weighted by molar-refractivity contribution is 7.79. The van der Waals surface area contributed by atoms with E-state index in [0.29, 0.717) is 6.61 Å². The van der Waals surface area contributed by atoms with Crippen LogP contribution < -0.4 is 4.74 Å². The van der Waals surface area contributed by atoms with Gasteiger partial charge in [0.1, 0.15) is 0 Å². The molecule has 2 unspecified atom stereocenters. The molecule has 1 fully saturated rings. The Hall–Kier alpha value is -0.920.